The molecule has 2 aromatic rings. The fourth-order valence-electron chi connectivity index (χ4n) is 2.51. The molecule has 1 fully saturated rings. The third-order valence-electron chi connectivity index (χ3n) is 3.49. The van der Waals surface area contributed by atoms with E-state index in [-0.39, 0.29) is 0 Å². The van der Waals surface area contributed by atoms with Gasteiger partial charge in [-0.2, -0.15) is 0 Å². The van der Waals surface area contributed by atoms with Gasteiger partial charge in [0.25, 0.3) is 0 Å². The molecule has 0 spiro atoms. The number of piperidine rings is 1. The number of rotatable bonds is 2. The molecular formula is C13H17N5. The van der Waals surface area contributed by atoms with Crippen LogP contribution >= 0.6 is 0 Å². The van der Waals surface area contributed by atoms with Crippen LogP contribution in [0.3, 0.4) is 0 Å². The summed E-state index contributed by atoms with van der Waals surface area (Å²) >= 11 is 0. The maximum absolute atomic E-state index is 4.56. The predicted octanol–water partition coefficient (Wildman–Crippen LogP) is 1.34. The first kappa shape index (κ1) is 11.3. The fourth-order valence-corrected chi connectivity index (χ4v) is 2.51. The fraction of sp³-hybridized carbons (Fsp3) is 0.462. The zero-order valence-corrected chi connectivity index (χ0v) is 10.5. The lowest BCUT2D eigenvalue weighted by Gasteiger charge is -2.23. The average molecular weight is 243 g/mol. The monoisotopic (exact) mass is 243 g/mol. The number of aryl methyl sites for hydroxylation is 1. The van der Waals surface area contributed by atoms with Crippen molar-refractivity contribution in [2.75, 3.05) is 13.1 Å². The molecule has 3 rings (SSSR count). The minimum absolute atomic E-state index is 0.492. The number of hydrogen-bond donors (Lipinski definition) is 1. The maximum atomic E-state index is 4.56. The van der Waals surface area contributed by atoms with E-state index >= 15 is 0 Å². The van der Waals surface area contributed by atoms with E-state index in [4.69, 9.17) is 0 Å². The smallest absolute Gasteiger partial charge is 0.160 e. The first-order chi connectivity index (χ1) is 8.86. The Morgan fingerprint density at radius 3 is 2.61 bits per heavy atom. The number of nitrogens with one attached hydrogen (secondary N) is 1. The van der Waals surface area contributed by atoms with Gasteiger partial charge >= 0.3 is 0 Å². The van der Waals surface area contributed by atoms with Gasteiger partial charge in [-0.05, 0) is 25.9 Å². The van der Waals surface area contributed by atoms with Crippen LogP contribution in [0.5, 0.6) is 0 Å². The quantitative estimate of drug-likeness (QED) is 0.865. The van der Waals surface area contributed by atoms with Crippen LogP contribution in [0.4, 0.5) is 0 Å². The van der Waals surface area contributed by atoms with Crippen molar-refractivity contribution in [2.45, 2.75) is 18.8 Å². The Kier molecular flexibility index (Phi) is 3.06. The van der Waals surface area contributed by atoms with Crippen LogP contribution in [0, 0.1) is 0 Å². The average Bonchev–Trinajstić information content (AvgIpc) is 2.86. The molecule has 1 saturated heterocycles. The maximum Gasteiger partial charge on any atom is 0.160 e. The van der Waals surface area contributed by atoms with Gasteiger partial charge in [0.15, 0.2) is 5.82 Å². The minimum atomic E-state index is 0.492. The molecule has 0 radical (unpaired) electrons. The summed E-state index contributed by atoms with van der Waals surface area (Å²) in [6.45, 7) is 2.11. The molecule has 94 valence electrons. The van der Waals surface area contributed by atoms with Crippen molar-refractivity contribution in [2.24, 2.45) is 7.05 Å². The summed E-state index contributed by atoms with van der Waals surface area (Å²) in [5.74, 6) is 1.39. The number of nitrogens with zero attached hydrogens (tertiary/aromatic N) is 4. The van der Waals surface area contributed by atoms with Gasteiger partial charge in [0.2, 0.25) is 0 Å². The molecule has 5 nitrogen and oxygen atoms in total. The highest BCUT2D eigenvalue weighted by atomic mass is 15.1. The highest BCUT2D eigenvalue weighted by Crippen LogP contribution is 2.29. The van der Waals surface area contributed by atoms with Gasteiger partial charge in [0.05, 0.1) is 5.69 Å². The molecule has 1 aliphatic rings. The molecule has 2 aromatic heterocycles. The molecule has 1 aliphatic heterocycles. The van der Waals surface area contributed by atoms with E-state index in [0.29, 0.717) is 5.92 Å². The zero-order valence-electron chi connectivity index (χ0n) is 10.5. The molecule has 3 heterocycles. The Morgan fingerprint density at radius 2 is 1.89 bits per heavy atom. The second kappa shape index (κ2) is 4.86. The minimum Gasteiger partial charge on any atom is -0.333 e. The molecule has 18 heavy (non-hydrogen) atoms. The van der Waals surface area contributed by atoms with E-state index in [2.05, 4.69) is 20.3 Å². The second-order valence-electron chi connectivity index (χ2n) is 4.68. The van der Waals surface area contributed by atoms with Gasteiger partial charge < -0.3 is 9.88 Å². The molecule has 1 N–H and O–H groups in total. The lowest BCUT2D eigenvalue weighted by Crippen LogP contribution is -2.27. The van der Waals surface area contributed by atoms with Crippen molar-refractivity contribution in [3.63, 3.8) is 0 Å². The summed E-state index contributed by atoms with van der Waals surface area (Å²) in [6.07, 6.45) is 9.51. The SMILES string of the molecule is Cn1ccnc1-c1nccnc1C1CCNCC1. The molecule has 5 heteroatoms. The van der Waals surface area contributed by atoms with Crippen LogP contribution in [-0.4, -0.2) is 32.6 Å². The Hall–Kier alpha value is -1.75. The van der Waals surface area contributed by atoms with Crippen LogP contribution in [0.2, 0.25) is 0 Å². The summed E-state index contributed by atoms with van der Waals surface area (Å²) in [6, 6.07) is 0. The van der Waals surface area contributed by atoms with Crippen molar-refractivity contribution in [3.05, 3.63) is 30.5 Å². The third kappa shape index (κ3) is 2.01. The normalized spacial score (nSPS) is 16.9. The molecule has 0 saturated carbocycles. The van der Waals surface area contributed by atoms with E-state index < -0.39 is 0 Å². The summed E-state index contributed by atoms with van der Waals surface area (Å²) in [7, 11) is 1.99. The van der Waals surface area contributed by atoms with Crippen molar-refractivity contribution < 1.29 is 0 Å². The Bertz CT molecular complexity index is 528. The van der Waals surface area contributed by atoms with Crippen LogP contribution in [0.15, 0.2) is 24.8 Å². The topological polar surface area (TPSA) is 55.6 Å². The third-order valence-corrected chi connectivity index (χ3v) is 3.49. The van der Waals surface area contributed by atoms with Gasteiger partial charge in [-0.25, -0.2) is 9.97 Å². The standard InChI is InChI=1S/C13H17N5/c1-18-9-8-17-13(18)12-11(15-6-7-16-12)10-2-4-14-5-3-10/h6-10,14H,2-5H2,1H3. The second-order valence-corrected chi connectivity index (χ2v) is 4.68. The molecule has 0 aromatic carbocycles. The highest BCUT2D eigenvalue weighted by molar-refractivity contribution is 5.54. The lowest BCUT2D eigenvalue weighted by atomic mass is 9.93. The Morgan fingerprint density at radius 1 is 1.11 bits per heavy atom. The van der Waals surface area contributed by atoms with Gasteiger partial charge in [-0.15, -0.1) is 0 Å². The van der Waals surface area contributed by atoms with Crippen LogP contribution < -0.4 is 5.32 Å². The van der Waals surface area contributed by atoms with Crippen molar-refractivity contribution in [1.29, 1.82) is 0 Å². The molecular weight excluding hydrogens is 226 g/mol. The first-order valence-electron chi connectivity index (χ1n) is 6.35. The van der Waals surface area contributed by atoms with Crippen molar-refractivity contribution in [1.82, 2.24) is 24.8 Å². The lowest BCUT2D eigenvalue weighted by molar-refractivity contribution is 0.453. The predicted molar refractivity (Wildman–Crippen MR) is 69.1 cm³/mol. The first-order valence-corrected chi connectivity index (χ1v) is 6.35. The van der Waals surface area contributed by atoms with Crippen LogP contribution in [0.1, 0.15) is 24.5 Å². The van der Waals surface area contributed by atoms with Crippen LogP contribution in [0.25, 0.3) is 11.5 Å². The van der Waals surface area contributed by atoms with E-state index in [1.54, 1.807) is 18.6 Å². The van der Waals surface area contributed by atoms with Crippen molar-refractivity contribution in [3.8, 4) is 11.5 Å². The Balaban J connectivity index is 2.02. The molecule has 0 unspecified atom stereocenters. The van der Waals surface area contributed by atoms with Crippen molar-refractivity contribution >= 4 is 0 Å². The molecule has 0 aliphatic carbocycles. The van der Waals surface area contributed by atoms with E-state index in [0.717, 1.165) is 43.1 Å². The van der Waals surface area contributed by atoms with Gasteiger partial charge in [-0.3, -0.25) is 4.98 Å². The molecule has 0 atom stereocenters. The van der Waals surface area contributed by atoms with E-state index in [1.807, 2.05) is 17.8 Å². The number of aromatic nitrogens is 4. The Labute approximate surface area is 106 Å². The zero-order chi connectivity index (χ0) is 12.4. The van der Waals surface area contributed by atoms with Gasteiger partial charge in [-0.1, -0.05) is 0 Å². The highest BCUT2D eigenvalue weighted by Gasteiger charge is 2.22. The summed E-state index contributed by atoms with van der Waals surface area (Å²) in [4.78, 5) is 13.4. The van der Waals surface area contributed by atoms with Gasteiger partial charge in [0, 0.05) is 37.8 Å². The number of imidazole rings is 1. The summed E-state index contributed by atoms with van der Waals surface area (Å²) in [5, 5.41) is 3.38. The van der Waals surface area contributed by atoms with E-state index in [1.165, 1.54) is 0 Å². The number of hydrogen-bond acceptors (Lipinski definition) is 4. The molecule has 0 bridgehead atoms. The largest absolute Gasteiger partial charge is 0.333 e. The summed E-state index contributed by atoms with van der Waals surface area (Å²) in [5.41, 5.74) is 2.02. The summed E-state index contributed by atoms with van der Waals surface area (Å²) < 4.78 is 1.99. The van der Waals surface area contributed by atoms with Crippen LogP contribution in [-0.2, 0) is 7.05 Å². The van der Waals surface area contributed by atoms with Gasteiger partial charge in [0.1, 0.15) is 5.69 Å². The molecule has 0 amide bonds. The van der Waals surface area contributed by atoms with E-state index in [9.17, 15) is 0 Å².